The standard InChI is InChI=1S/C16H26N4OS/c1-11-10-22-16(18-11)19-6-3-13(4-7-19)15(21)20-8-5-14(17)9-12(20)2/h10,12-14H,3-9,17H2,1-2H3. The lowest BCUT2D eigenvalue weighted by Crippen LogP contribution is -2.51. The molecule has 2 atom stereocenters. The summed E-state index contributed by atoms with van der Waals surface area (Å²) in [7, 11) is 0. The Bertz CT molecular complexity index is 524. The van der Waals surface area contributed by atoms with Gasteiger partial charge in [0.2, 0.25) is 5.91 Å². The van der Waals surface area contributed by atoms with E-state index in [2.05, 4.69) is 27.1 Å². The number of likely N-dealkylation sites (tertiary alicyclic amines) is 1. The third-order valence-corrected chi connectivity index (χ3v) is 5.94. The molecule has 122 valence electrons. The lowest BCUT2D eigenvalue weighted by atomic mass is 9.92. The van der Waals surface area contributed by atoms with E-state index in [9.17, 15) is 4.79 Å². The van der Waals surface area contributed by atoms with Crippen molar-refractivity contribution in [2.75, 3.05) is 24.5 Å². The van der Waals surface area contributed by atoms with Gasteiger partial charge in [0.15, 0.2) is 5.13 Å². The highest BCUT2D eigenvalue weighted by molar-refractivity contribution is 7.13. The van der Waals surface area contributed by atoms with Gasteiger partial charge in [0, 0.05) is 43.0 Å². The topological polar surface area (TPSA) is 62.5 Å². The quantitative estimate of drug-likeness (QED) is 0.905. The van der Waals surface area contributed by atoms with Crippen LogP contribution in [0.25, 0.3) is 0 Å². The van der Waals surface area contributed by atoms with Crippen LogP contribution in [0, 0.1) is 12.8 Å². The Morgan fingerprint density at radius 3 is 2.64 bits per heavy atom. The maximum atomic E-state index is 12.8. The van der Waals surface area contributed by atoms with Crippen LogP contribution in [0.1, 0.15) is 38.3 Å². The highest BCUT2D eigenvalue weighted by Crippen LogP contribution is 2.28. The predicted molar refractivity (Wildman–Crippen MR) is 90.2 cm³/mol. The number of piperidine rings is 2. The molecule has 2 aliphatic heterocycles. The summed E-state index contributed by atoms with van der Waals surface area (Å²) in [5.74, 6) is 0.517. The zero-order valence-electron chi connectivity index (χ0n) is 13.5. The van der Waals surface area contributed by atoms with Crippen LogP contribution in [-0.4, -0.2) is 47.5 Å². The van der Waals surface area contributed by atoms with Gasteiger partial charge in [-0.3, -0.25) is 4.79 Å². The zero-order valence-corrected chi connectivity index (χ0v) is 14.3. The van der Waals surface area contributed by atoms with Gasteiger partial charge in [-0.2, -0.15) is 0 Å². The van der Waals surface area contributed by atoms with E-state index in [1.807, 2.05) is 6.92 Å². The molecule has 2 unspecified atom stereocenters. The molecule has 2 aliphatic rings. The van der Waals surface area contributed by atoms with Gasteiger partial charge in [0.05, 0.1) is 5.69 Å². The maximum absolute atomic E-state index is 12.8. The van der Waals surface area contributed by atoms with Crippen LogP contribution in [0.15, 0.2) is 5.38 Å². The number of nitrogens with two attached hydrogens (primary N) is 1. The number of hydrogen-bond donors (Lipinski definition) is 1. The van der Waals surface area contributed by atoms with Crippen LogP contribution in [0.4, 0.5) is 5.13 Å². The van der Waals surface area contributed by atoms with Crippen molar-refractivity contribution >= 4 is 22.4 Å². The second-order valence-corrected chi connectivity index (χ2v) is 7.53. The summed E-state index contributed by atoms with van der Waals surface area (Å²) in [5, 5.41) is 3.19. The molecule has 1 aromatic heterocycles. The second-order valence-electron chi connectivity index (χ2n) is 6.70. The number of carbonyl (C=O) groups is 1. The number of rotatable bonds is 2. The second kappa shape index (κ2) is 6.54. The summed E-state index contributed by atoms with van der Waals surface area (Å²) in [6.45, 7) is 6.85. The van der Waals surface area contributed by atoms with E-state index >= 15 is 0 Å². The van der Waals surface area contributed by atoms with Crippen LogP contribution in [-0.2, 0) is 4.79 Å². The first-order chi connectivity index (χ1) is 10.5. The SMILES string of the molecule is Cc1csc(N2CCC(C(=O)N3CCC(N)CC3C)CC2)n1. The van der Waals surface area contributed by atoms with Gasteiger partial charge in [-0.1, -0.05) is 0 Å². The predicted octanol–water partition coefficient (Wildman–Crippen LogP) is 2.01. The summed E-state index contributed by atoms with van der Waals surface area (Å²) in [5.41, 5.74) is 7.08. The molecule has 2 N–H and O–H groups in total. The molecule has 6 heteroatoms. The van der Waals surface area contributed by atoms with Crippen LogP contribution < -0.4 is 10.6 Å². The molecule has 1 amide bonds. The molecular weight excluding hydrogens is 296 g/mol. The molecule has 3 heterocycles. The van der Waals surface area contributed by atoms with E-state index in [4.69, 9.17) is 5.73 Å². The number of anilines is 1. The van der Waals surface area contributed by atoms with Gasteiger partial charge >= 0.3 is 0 Å². The van der Waals surface area contributed by atoms with Crippen molar-refractivity contribution in [2.45, 2.75) is 51.6 Å². The molecule has 0 saturated carbocycles. The number of aromatic nitrogens is 1. The number of amides is 1. The Labute approximate surface area is 136 Å². The summed E-state index contributed by atoms with van der Waals surface area (Å²) >= 11 is 1.70. The average Bonchev–Trinajstić information content (AvgIpc) is 2.93. The van der Waals surface area contributed by atoms with Crippen LogP contribution in [0.5, 0.6) is 0 Å². The minimum Gasteiger partial charge on any atom is -0.348 e. The Kier molecular flexibility index (Phi) is 4.68. The van der Waals surface area contributed by atoms with E-state index in [1.165, 1.54) is 0 Å². The van der Waals surface area contributed by atoms with Gasteiger partial charge in [-0.05, 0) is 39.5 Å². The normalized spacial score (nSPS) is 27.2. The molecule has 0 bridgehead atoms. The van der Waals surface area contributed by atoms with Crippen molar-refractivity contribution < 1.29 is 4.79 Å². The Morgan fingerprint density at radius 1 is 1.32 bits per heavy atom. The summed E-state index contributed by atoms with van der Waals surface area (Å²) in [6.07, 6.45) is 3.75. The maximum Gasteiger partial charge on any atom is 0.226 e. The van der Waals surface area contributed by atoms with Crippen LogP contribution >= 0.6 is 11.3 Å². The lowest BCUT2D eigenvalue weighted by molar-refractivity contribution is -0.139. The number of thiazole rings is 1. The first-order valence-electron chi connectivity index (χ1n) is 8.27. The molecule has 0 spiro atoms. The largest absolute Gasteiger partial charge is 0.348 e. The molecule has 22 heavy (non-hydrogen) atoms. The molecule has 1 aromatic rings. The smallest absolute Gasteiger partial charge is 0.226 e. The fourth-order valence-corrected chi connectivity index (χ4v) is 4.43. The van der Waals surface area contributed by atoms with Crippen molar-refractivity contribution in [3.05, 3.63) is 11.1 Å². The Morgan fingerprint density at radius 2 is 2.05 bits per heavy atom. The first-order valence-corrected chi connectivity index (χ1v) is 9.15. The van der Waals surface area contributed by atoms with Gasteiger partial charge in [0.25, 0.3) is 0 Å². The third kappa shape index (κ3) is 3.27. The van der Waals surface area contributed by atoms with E-state index in [0.29, 0.717) is 5.91 Å². The number of nitrogens with zero attached hydrogens (tertiary/aromatic N) is 3. The van der Waals surface area contributed by atoms with Crippen molar-refractivity contribution in [1.29, 1.82) is 0 Å². The summed E-state index contributed by atoms with van der Waals surface area (Å²) in [4.78, 5) is 21.7. The minimum absolute atomic E-state index is 0.175. The molecule has 0 radical (unpaired) electrons. The van der Waals surface area contributed by atoms with E-state index in [0.717, 1.165) is 56.1 Å². The van der Waals surface area contributed by atoms with E-state index in [1.54, 1.807) is 11.3 Å². The van der Waals surface area contributed by atoms with Crippen molar-refractivity contribution in [1.82, 2.24) is 9.88 Å². The molecule has 5 nitrogen and oxygen atoms in total. The van der Waals surface area contributed by atoms with Gasteiger partial charge in [0.1, 0.15) is 0 Å². The van der Waals surface area contributed by atoms with Crippen molar-refractivity contribution in [2.24, 2.45) is 11.7 Å². The Balaban J connectivity index is 1.55. The monoisotopic (exact) mass is 322 g/mol. The van der Waals surface area contributed by atoms with Crippen molar-refractivity contribution in [3.8, 4) is 0 Å². The summed E-state index contributed by atoms with van der Waals surface area (Å²) < 4.78 is 0. The van der Waals surface area contributed by atoms with Gasteiger partial charge in [-0.15, -0.1) is 11.3 Å². The molecule has 2 fully saturated rings. The van der Waals surface area contributed by atoms with Crippen LogP contribution in [0.3, 0.4) is 0 Å². The number of aryl methyl sites for hydroxylation is 1. The Hall–Kier alpha value is -1.14. The highest BCUT2D eigenvalue weighted by atomic mass is 32.1. The fourth-order valence-electron chi connectivity index (χ4n) is 3.57. The third-order valence-electron chi connectivity index (χ3n) is 4.92. The average molecular weight is 322 g/mol. The number of hydrogen-bond acceptors (Lipinski definition) is 5. The van der Waals surface area contributed by atoms with E-state index < -0.39 is 0 Å². The first kappa shape index (κ1) is 15.7. The van der Waals surface area contributed by atoms with E-state index in [-0.39, 0.29) is 18.0 Å². The van der Waals surface area contributed by atoms with Crippen LogP contribution in [0.2, 0.25) is 0 Å². The molecule has 0 aromatic carbocycles. The summed E-state index contributed by atoms with van der Waals surface area (Å²) in [6, 6.07) is 0.546. The zero-order chi connectivity index (χ0) is 15.7. The number of carbonyl (C=O) groups excluding carboxylic acids is 1. The fraction of sp³-hybridized carbons (Fsp3) is 0.750. The lowest BCUT2D eigenvalue weighted by Gasteiger charge is -2.40. The molecule has 3 rings (SSSR count). The minimum atomic E-state index is 0.175. The molecule has 0 aliphatic carbocycles. The van der Waals surface area contributed by atoms with Gasteiger partial charge in [-0.25, -0.2) is 4.98 Å². The van der Waals surface area contributed by atoms with Gasteiger partial charge < -0.3 is 15.5 Å². The highest BCUT2D eigenvalue weighted by Gasteiger charge is 2.33. The molecular formula is C16H26N4OS. The van der Waals surface area contributed by atoms with Crippen molar-refractivity contribution in [3.63, 3.8) is 0 Å². The molecule has 2 saturated heterocycles.